The van der Waals surface area contributed by atoms with E-state index in [-0.39, 0.29) is 5.56 Å². The first-order valence-electron chi connectivity index (χ1n) is 15.0. The Hall–Kier alpha value is -4.81. The van der Waals surface area contributed by atoms with Crippen LogP contribution in [-0.4, -0.2) is 55.5 Å². The fourth-order valence-corrected chi connectivity index (χ4v) is 6.11. The molecule has 0 aliphatic rings. The Morgan fingerprint density at radius 2 is 1.82 bits per heavy atom. The highest BCUT2D eigenvalue weighted by molar-refractivity contribution is 6.76. The Morgan fingerprint density at radius 3 is 2.58 bits per heavy atom. The largest absolute Gasteiger partial charge is 0.481 e. The van der Waals surface area contributed by atoms with E-state index < -0.39 is 14.1 Å². The first kappa shape index (κ1) is 30.2. The first-order chi connectivity index (χ1) is 21.6. The van der Waals surface area contributed by atoms with E-state index in [9.17, 15) is 4.79 Å². The van der Waals surface area contributed by atoms with Gasteiger partial charge in [0.15, 0.2) is 5.82 Å². The number of nitrogens with zero attached hydrogens (tertiary/aromatic N) is 7. The van der Waals surface area contributed by atoms with Crippen LogP contribution in [0.3, 0.4) is 0 Å². The lowest BCUT2D eigenvalue weighted by atomic mass is 10.1. The molecule has 1 atom stereocenters. The van der Waals surface area contributed by atoms with Gasteiger partial charge in [-0.1, -0.05) is 43.9 Å². The third-order valence-electron chi connectivity index (χ3n) is 7.76. The van der Waals surface area contributed by atoms with Gasteiger partial charge in [-0.25, -0.2) is 19.5 Å². The van der Waals surface area contributed by atoms with Crippen molar-refractivity contribution in [1.29, 1.82) is 0 Å². The summed E-state index contributed by atoms with van der Waals surface area (Å²) in [7, 11) is 0.357. The first-order valence-corrected chi connectivity index (χ1v) is 18.7. The number of pyridine rings is 1. The smallest absolute Gasteiger partial charge is 0.282 e. The highest BCUT2D eigenvalue weighted by Crippen LogP contribution is 2.35. The van der Waals surface area contributed by atoms with Crippen molar-refractivity contribution in [2.24, 2.45) is 0 Å². The van der Waals surface area contributed by atoms with Crippen molar-refractivity contribution in [3.63, 3.8) is 0 Å². The number of aryl methyl sites for hydroxylation is 1. The molecule has 0 saturated heterocycles. The van der Waals surface area contributed by atoms with Crippen LogP contribution in [0.1, 0.15) is 24.4 Å². The van der Waals surface area contributed by atoms with Crippen LogP contribution in [0, 0.1) is 6.92 Å². The van der Waals surface area contributed by atoms with Gasteiger partial charge in [-0.2, -0.15) is 5.10 Å². The van der Waals surface area contributed by atoms with E-state index in [1.165, 1.54) is 6.33 Å². The number of hydrogen-bond acceptors (Lipinski definition) is 8. The Morgan fingerprint density at radius 1 is 1.02 bits per heavy atom. The minimum absolute atomic E-state index is 0.141. The third kappa shape index (κ3) is 6.11. The molecule has 232 valence electrons. The van der Waals surface area contributed by atoms with E-state index in [0.29, 0.717) is 47.7 Å². The van der Waals surface area contributed by atoms with Crippen LogP contribution in [0.5, 0.6) is 5.88 Å². The molecular weight excluding hydrogens is 585 g/mol. The number of methoxy groups -OCH3 is 1. The summed E-state index contributed by atoms with van der Waals surface area (Å²) >= 11 is 0. The van der Waals surface area contributed by atoms with Crippen LogP contribution >= 0.6 is 0 Å². The molecule has 45 heavy (non-hydrogen) atoms. The van der Waals surface area contributed by atoms with Crippen molar-refractivity contribution in [3.05, 3.63) is 95.1 Å². The highest BCUT2D eigenvalue weighted by atomic mass is 28.3. The van der Waals surface area contributed by atoms with Gasteiger partial charge in [0.05, 0.1) is 29.9 Å². The lowest BCUT2D eigenvalue weighted by molar-refractivity contribution is 0.0899. The number of fused-ring (bicyclic) bond motifs is 2. The van der Waals surface area contributed by atoms with Crippen molar-refractivity contribution >= 4 is 30.4 Å². The Kier molecular flexibility index (Phi) is 8.25. The maximum Gasteiger partial charge on any atom is 0.282 e. The lowest BCUT2D eigenvalue weighted by Crippen LogP contribution is -2.29. The summed E-state index contributed by atoms with van der Waals surface area (Å²) < 4.78 is 16.9. The van der Waals surface area contributed by atoms with E-state index in [4.69, 9.17) is 19.6 Å². The van der Waals surface area contributed by atoms with Gasteiger partial charge in [0.1, 0.15) is 30.0 Å². The molecule has 5 aromatic heterocycles. The molecule has 0 aliphatic carbocycles. The fourth-order valence-electron chi connectivity index (χ4n) is 5.35. The average molecular weight is 623 g/mol. The molecule has 0 bridgehead atoms. The van der Waals surface area contributed by atoms with E-state index in [2.05, 4.69) is 34.9 Å². The molecule has 0 amide bonds. The van der Waals surface area contributed by atoms with Crippen LogP contribution in [0.4, 0.5) is 5.82 Å². The number of aromatic nitrogens is 7. The quantitative estimate of drug-likeness (QED) is 0.136. The summed E-state index contributed by atoms with van der Waals surface area (Å²) in [6.07, 6.45) is 5.35. The van der Waals surface area contributed by atoms with E-state index in [1.54, 1.807) is 16.2 Å². The van der Waals surface area contributed by atoms with Gasteiger partial charge in [-0.05, 0) is 49.7 Å². The molecule has 1 unspecified atom stereocenters. The SMILES string of the molecule is COc1cccc(-c2cn(COCC[Si](C)(C)C)c3ncnc(NC(C)c4nn5ccc(C)c5c(=O)n4-c4ccccc4)c23)n1. The molecule has 1 N–H and O–H groups in total. The van der Waals surface area contributed by atoms with Crippen LogP contribution in [0.2, 0.25) is 25.7 Å². The van der Waals surface area contributed by atoms with Crippen LogP contribution in [-0.2, 0) is 11.5 Å². The molecule has 0 radical (unpaired) electrons. The van der Waals surface area contributed by atoms with Crippen molar-refractivity contribution in [2.75, 3.05) is 19.0 Å². The van der Waals surface area contributed by atoms with Crippen molar-refractivity contribution in [1.82, 2.24) is 33.7 Å². The summed E-state index contributed by atoms with van der Waals surface area (Å²) in [5.41, 5.74) is 4.25. The Balaban J connectivity index is 1.45. The maximum atomic E-state index is 13.9. The maximum absolute atomic E-state index is 13.9. The molecule has 0 spiro atoms. The number of benzene rings is 1. The molecule has 6 rings (SSSR count). The van der Waals surface area contributed by atoms with Crippen molar-refractivity contribution in [2.45, 2.75) is 52.3 Å². The zero-order chi connectivity index (χ0) is 31.7. The van der Waals surface area contributed by atoms with Gasteiger partial charge in [-0.3, -0.25) is 9.36 Å². The van der Waals surface area contributed by atoms with Crippen LogP contribution < -0.4 is 15.6 Å². The zero-order valence-electron chi connectivity index (χ0n) is 26.5. The fraction of sp³-hybridized carbons (Fsp3) is 0.303. The molecule has 0 fully saturated rings. The molecule has 1 aromatic carbocycles. The number of nitrogens with one attached hydrogen (secondary N) is 1. The molecule has 5 heterocycles. The lowest BCUT2D eigenvalue weighted by Gasteiger charge is -2.20. The molecular formula is C33H38N8O3Si. The predicted molar refractivity (Wildman–Crippen MR) is 179 cm³/mol. The summed E-state index contributed by atoms with van der Waals surface area (Å²) in [4.78, 5) is 28.0. The third-order valence-corrected chi connectivity index (χ3v) is 9.46. The summed E-state index contributed by atoms with van der Waals surface area (Å²) in [5, 5.41) is 9.25. The minimum Gasteiger partial charge on any atom is -0.481 e. The Labute approximate surface area is 262 Å². The van der Waals surface area contributed by atoms with Crippen LogP contribution in [0.25, 0.3) is 33.5 Å². The normalized spacial score (nSPS) is 12.6. The minimum atomic E-state index is -1.24. The summed E-state index contributed by atoms with van der Waals surface area (Å²) in [6, 6.07) is 17.8. The molecule has 0 saturated carbocycles. The number of ether oxygens (including phenoxy) is 2. The standard InChI is InChI=1S/C33H38N8O3Si/c1-22-15-16-40-29(22)33(42)41(24-11-8-7-9-12-24)31(38-40)23(2)36-30-28-25(26-13-10-14-27(37-26)43-3)19-39(32(28)35-20-34-30)21-44-17-18-45(4,5)6/h7-16,19-20,23H,17-18,21H2,1-6H3,(H,34,35,36). The van der Waals surface area contributed by atoms with Gasteiger partial charge in [-0.15, -0.1) is 0 Å². The molecule has 6 aromatic rings. The molecule has 11 nitrogen and oxygen atoms in total. The number of hydrogen-bond donors (Lipinski definition) is 1. The second-order valence-electron chi connectivity index (χ2n) is 12.3. The summed E-state index contributed by atoms with van der Waals surface area (Å²) in [6.45, 7) is 11.9. The topological polar surface area (TPSA) is 113 Å². The van der Waals surface area contributed by atoms with Crippen molar-refractivity contribution in [3.8, 4) is 22.8 Å². The van der Waals surface area contributed by atoms with E-state index in [1.807, 2.05) is 85.4 Å². The van der Waals surface area contributed by atoms with Gasteiger partial charge in [0.25, 0.3) is 5.56 Å². The predicted octanol–water partition coefficient (Wildman–Crippen LogP) is 6.09. The monoisotopic (exact) mass is 622 g/mol. The molecule has 0 aliphatic heterocycles. The van der Waals surface area contributed by atoms with Gasteiger partial charge >= 0.3 is 0 Å². The van der Waals surface area contributed by atoms with E-state index >= 15 is 0 Å². The second-order valence-corrected chi connectivity index (χ2v) is 18.0. The Bertz CT molecular complexity index is 2030. The zero-order valence-corrected chi connectivity index (χ0v) is 27.5. The highest BCUT2D eigenvalue weighted by Gasteiger charge is 2.23. The van der Waals surface area contributed by atoms with Gasteiger partial charge < -0.3 is 19.4 Å². The van der Waals surface area contributed by atoms with Gasteiger partial charge in [0, 0.05) is 38.7 Å². The number of anilines is 1. The molecule has 12 heteroatoms. The van der Waals surface area contributed by atoms with Crippen molar-refractivity contribution < 1.29 is 9.47 Å². The number of para-hydroxylation sites is 1. The van der Waals surface area contributed by atoms with Gasteiger partial charge in [0.2, 0.25) is 5.88 Å². The summed E-state index contributed by atoms with van der Waals surface area (Å²) in [5.74, 6) is 1.63. The average Bonchev–Trinajstić information content (AvgIpc) is 3.60. The number of rotatable bonds is 11. The van der Waals surface area contributed by atoms with E-state index in [0.717, 1.165) is 28.2 Å². The van der Waals surface area contributed by atoms with Crippen LogP contribution in [0.15, 0.2) is 78.1 Å². The second kappa shape index (κ2) is 12.3.